The number of fused-ring (bicyclic) bond motifs is 1. The van der Waals surface area contributed by atoms with Gasteiger partial charge >= 0.3 is 5.97 Å². The first-order valence-electron chi connectivity index (χ1n) is 8.25. The molecule has 1 aliphatic carbocycles. The molecule has 0 bridgehead atoms. The molecule has 0 saturated heterocycles. The Balaban J connectivity index is 1.64. The van der Waals surface area contributed by atoms with Gasteiger partial charge < -0.3 is 10.1 Å². The standard InChI is InChI=1S/C19H17FN2O3S/c1-11-5-6-14-15(9-21)18(26-16(14)7-11)22-17(23)10-25-19(24)12-3-2-4-13(20)8-12/h2-4,8,11H,5-7,10H2,1H3,(H,22,23)/t11-/m1/s1. The van der Waals surface area contributed by atoms with E-state index < -0.39 is 24.3 Å². The summed E-state index contributed by atoms with van der Waals surface area (Å²) in [6.45, 7) is 1.66. The van der Waals surface area contributed by atoms with Crippen molar-refractivity contribution < 1.29 is 18.7 Å². The van der Waals surface area contributed by atoms with Gasteiger partial charge in [-0.1, -0.05) is 13.0 Å². The molecule has 5 nitrogen and oxygen atoms in total. The predicted octanol–water partition coefficient (Wildman–Crippen LogP) is 3.68. The number of nitrogens with one attached hydrogen (secondary N) is 1. The Hall–Kier alpha value is -2.72. The van der Waals surface area contributed by atoms with Crippen LogP contribution in [0.4, 0.5) is 9.39 Å². The van der Waals surface area contributed by atoms with Crippen LogP contribution in [-0.2, 0) is 22.4 Å². The van der Waals surface area contributed by atoms with E-state index >= 15 is 0 Å². The lowest BCUT2D eigenvalue weighted by molar-refractivity contribution is -0.119. The third-order valence-electron chi connectivity index (χ3n) is 4.27. The Morgan fingerprint density at radius 3 is 3.00 bits per heavy atom. The van der Waals surface area contributed by atoms with Gasteiger partial charge in [-0.2, -0.15) is 5.26 Å². The van der Waals surface area contributed by atoms with Crippen molar-refractivity contribution in [2.24, 2.45) is 5.92 Å². The Kier molecular flexibility index (Phi) is 5.33. The molecular formula is C19H17FN2O3S. The van der Waals surface area contributed by atoms with Gasteiger partial charge in [0.25, 0.3) is 5.91 Å². The second-order valence-electron chi connectivity index (χ2n) is 6.30. The zero-order valence-electron chi connectivity index (χ0n) is 14.2. The van der Waals surface area contributed by atoms with Crippen LogP contribution >= 0.6 is 11.3 Å². The van der Waals surface area contributed by atoms with E-state index in [2.05, 4.69) is 18.3 Å². The first kappa shape index (κ1) is 18.1. The molecule has 1 amide bonds. The molecule has 0 radical (unpaired) electrons. The largest absolute Gasteiger partial charge is 0.452 e. The van der Waals surface area contributed by atoms with Crippen LogP contribution in [0, 0.1) is 23.1 Å². The first-order valence-corrected chi connectivity index (χ1v) is 9.06. The highest BCUT2D eigenvalue weighted by Gasteiger charge is 2.24. The molecule has 134 valence electrons. The van der Waals surface area contributed by atoms with Crippen molar-refractivity contribution in [3.63, 3.8) is 0 Å². The highest BCUT2D eigenvalue weighted by atomic mass is 32.1. The van der Waals surface area contributed by atoms with Crippen LogP contribution in [0.1, 0.15) is 39.7 Å². The summed E-state index contributed by atoms with van der Waals surface area (Å²) in [5.41, 5.74) is 1.56. The summed E-state index contributed by atoms with van der Waals surface area (Å²) in [6.07, 6.45) is 2.76. The number of amides is 1. The molecule has 7 heteroatoms. The van der Waals surface area contributed by atoms with Crippen molar-refractivity contribution in [2.75, 3.05) is 11.9 Å². The lowest BCUT2D eigenvalue weighted by Crippen LogP contribution is -2.21. The van der Waals surface area contributed by atoms with Crippen LogP contribution in [0.3, 0.4) is 0 Å². The predicted molar refractivity (Wildman–Crippen MR) is 95.5 cm³/mol. The topological polar surface area (TPSA) is 79.2 Å². The molecular weight excluding hydrogens is 355 g/mol. The second kappa shape index (κ2) is 7.67. The van der Waals surface area contributed by atoms with E-state index in [9.17, 15) is 19.2 Å². The Morgan fingerprint density at radius 2 is 2.27 bits per heavy atom. The summed E-state index contributed by atoms with van der Waals surface area (Å²) < 4.78 is 18.0. The van der Waals surface area contributed by atoms with Crippen molar-refractivity contribution in [1.82, 2.24) is 0 Å². The second-order valence-corrected chi connectivity index (χ2v) is 7.41. The molecule has 1 N–H and O–H groups in total. The molecule has 0 fully saturated rings. The molecule has 0 unspecified atom stereocenters. The number of carbonyl (C=O) groups is 2. The summed E-state index contributed by atoms with van der Waals surface area (Å²) >= 11 is 1.41. The quantitative estimate of drug-likeness (QED) is 0.831. The van der Waals surface area contributed by atoms with E-state index in [1.165, 1.54) is 29.5 Å². The van der Waals surface area contributed by atoms with Gasteiger partial charge in [0.05, 0.1) is 11.1 Å². The minimum atomic E-state index is -0.778. The molecule has 1 aliphatic rings. The monoisotopic (exact) mass is 372 g/mol. The highest BCUT2D eigenvalue weighted by molar-refractivity contribution is 7.16. The molecule has 1 heterocycles. The third kappa shape index (κ3) is 3.92. The molecule has 0 saturated carbocycles. The van der Waals surface area contributed by atoms with Crippen molar-refractivity contribution in [1.29, 1.82) is 5.26 Å². The third-order valence-corrected chi connectivity index (χ3v) is 5.44. The molecule has 3 rings (SSSR count). The number of nitrogens with zero attached hydrogens (tertiary/aromatic N) is 1. The molecule has 2 aromatic rings. The van der Waals surface area contributed by atoms with Crippen LogP contribution in [-0.4, -0.2) is 18.5 Å². The number of hydrogen-bond acceptors (Lipinski definition) is 5. The Morgan fingerprint density at radius 1 is 1.46 bits per heavy atom. The van der Waals surface area contributed by atoms with Crippen LogP contribution in [0.5, 0.6) is 0 Å². The molecule has 0 spiro atoms. The summed E-state index contributed by atoms with van der Waals surface area (Å²) in [6, 6.07) is 7.23. The minimum Gasteiger partial charge on any atom is -0.452 e. The minimum absolute atomic E-state index is 0.0380. The maximum absolute atomic E-state index is 13.1. The molecule has 1 aromatic heterocycles. The summed E-state index contributed by atoms with van der Waals surface area (Å²) in [7, 11) is 0. The fraction of sp³-hybridized carbons (Fsp3) is 0.316. The maximum atomic E-state index is 13.1. The number of benzene rings is 1. The van der Waals surface area contributed by atoms with Crippen molar-refractivity contribution in [3.05, 3.63) is 51.7 Å². The van der Waals surface area contributed by atoms with Crippen LogP contribution in [0.2, 0.25) is 0 Å². The number of thiophene rings is 1. The van der Waals surface area contributed by atoms with Gasteiger partial charge in [0, 0.05) is 4.88 Å². The van der Waals surface area contributed by atoms with E-state index in [4.69, 9.17) is 4.74 Å². The van der Waals surface area contributed by atoms with E-state index in [0.717, 1.165) is 35.8 Å². The normalized spacial score (nSPS) is 15.7. The maximum Gasteiger partial charge on any atom is 0.338 e. The van der Waals surface area contributed by atoms with Gasteiger partial charge in [0.2, 0.25) is 0 Å². The zero-order chi connectivity index (χ0) is 18.7. The number of nitriles is 1. The van der Waals surface area contributed by atoms with E-state index in [1.54, 1.807) is 0 Å². The first-order chi connectivity index (χ1) is 12.5. The summed E-state index contributed by atoms with van der Waals surface area (Å²) in [4.78, 5) is 25.1. The average Bonchev–Trinajstić information content (AvgIpc) is 2.95. The molecule has 0 aliphatic heterocycles. The average molecular weight is 372 g/mol. The lowest BCUT2D eigenvalue weighted by atomic mass is 9.89. The van der Waals surface area contributed by atoms with Crippen LogP contribution in [0.25, 0.3) is 0 Å². The molecule has 26 heavy (non-hydrogen) atoms. The van der Waals surface area contributed by atoms with E-state index in [1.807, 2.05) is 0 Å². The number of anilines is 1. The summed E-state index contributed by atoms with van der Waals surface area (Å²) in [5.74, 6) is -1.30. The van der Waals surface area contributed by atoms with Gasteiger partial charge in [-0.25, -0.2) is 9.18 Å². The van der Waals surface area contributed by atoms with Gasteiger partial charge in [0.1, 0.15) is 16.9 Å². The fourth-order valence-electron chi connectivity index (χ4n) is 2.95. The number of hydrogen-bond donors (Lipinski definition) is 1. The fourth-order valence-corrected chi connectivity index (χ4v) is 4.33. The molecule has 1 aromatic carbocycles. The lowest BCUT2D eigenvalue weighted by Gasteiger charge is -2.17. The van der Waals surface area contributed by atoms with Gasteiger partial charge in [-0.05, 0) is 48.9 Å². The SMILES string of the molecule is C[C@@H]1CCc2c(sc(NC(=O)COC(=O)c3cccc(F)c3)c2C#N)C1. The zero-order valence-corrected chi connectivity index (χ0v) is 15.0. The van der Waals surface area contributed by atoms with E-state index in [0.29, 0.717) is 16.5 Å². The Labute approximate surface area is 154 Å². The number of esters is 1. The van der Waals surface area contributed by atoms with Crippen molar-refractivity contribution >= 4 is 28.2 Å². The van der Waals surface area contributed by atoms with Crippen LogP contribution in [0.15, 0.2) is 24.3 Å². The Bertz CT molecular complexity index is 901. The van der Waals surface area contributed by atoms with E-state index in [-0.39, 0.29) is 5.56 Å². The van der Waals surface area contributed by atoms with Gasteiger partial charge in [-0.3, -0.25) is 4.79 Å². The van der Waals surface area contributed by atoms with Gasteiger partial charge in [0.15, 0.2) is 6.61 Å². The smallest absolute Gasteiger partial charge is 0.338 e. The number of carbonyl (C=O) groups excluding carboxylic acids is 2. The summed E-state index contributed by atoms with van der Waals surface area (Å²) in [5, 5.41) is 12.6. The van der Waals surface area contributed by atoms with Crippen molar-refractivity contribution in [2.45, 2.75) is 26.2 Å². The number of ether oxygens (including phenoxy) is 1. The number of halogens is 1. The highest BCUT2D eigenvalue weighted by Crippen LogP contribution is 2.39. The van der Waals surface area contributed by atoms with Gasteiger partial charge in [-0.15, -0.1) is 11.3 Å². The number of rotatable bonds is 4. The molecule has 1 atom stereocenters. The van der Waals surface area contributed by atoms with Crippen LogP contribution < -0.4 is 5.32 Å². The van der Waals surface area contributed by atoms with Crippen molar-refractivity contribution in [3.8, 4) is 6.07 Å².